The van der Waals surface area contributed by atoms with E-state index in [1.54, 1.807) is 0 Å². The smallest absolute Gasteiger partial charge is 0.328 e. The van der Waals surface area contributed by atoms with Gasteiger partial charge in [0, 0.05) is 0 Å². The van der Waals surface area contributed by atoms with Gasteiger partial charge in [0.1, 0.15) is 6.04 Å². The molecule has 8 nitrogen and oxygen atoms in total. The largest absolute Gasteiger partial charge is 0.467 e. The molecule has 2 amide bonds. The van der Waals surface area contributed by atoms with Crippen molar-refractivity contribution in [3.8, 4) is 0 Å². The number of rotatable bonds is 7. The van der Waals surface area contributed by atoms with Crippen molar-refractivity contribution < 1.29 is 24.3 Å². The molecule has 8 heteroatoms. The average Bonchev–Trinajstić information content (AvgIpc) is 2.35. The van der Waals surface area contributed by atoms with E-state index in [9.17, 15) is 14.4 Å². The third-order valence-corrected chi connectivity index (χ3v) is 2.38. The van der Waals surface area contributed by atoms with Crippen LogP contribution in [-0.2, 0) is 19.1 Å². The molecule has 0 spiro atoms. The second-order valence-corrected chi connectivity index (χ2v) is 4.56. The topological polar surface area (TPSA) is 131 Å². The molecule has 0 aliphatic carbocycles. The Labute approximate surface area is 111 Å². The maximum Gasteiger partial charge on any atom is 0.328 e. The van der Waals surface area contributed by atoms with Crippen LogP contribution in [-0.4, -0.2) is 42.2 Å². The van der Waals surface area contributed by atoms with E-state index in [1.807, 2.05) is 13.8 Å². The van der Waals surface area contributed by atoms with Crippen LogP contribution in [0.25, 0.3) is 0 Å². The van der Waals surface area contributed by atoms with Gasteiger partial charge in [-0.2, -0.15) is 0 Å². The molecule has 5 N–H and O–H groups in total. The Bertz CT molecular complexity index is 332. The van der Waals surface area contributed by atoms with Crippen molar-refractivity contribution >= 4 is 17.8 Å². The molecule has 0 aromatic heterocycles. The Morgan fingerprint density at radius 1 is 1.32 bits per heavy atom. The molecule has 0 unspecified atom stereocenters. The molecule has 0 saturated carbocycles. The summed E-state index contributed by atoms with van der Waals surface area (Å²) in [5, 5.41) is 10.8. The standard InChI is InChI=1S/C11H21N3O5/c1-6(2)4-8(11(17)19-3)13-10(16)7(12)5-9(15)14-18/h6-8,18H,4-5,12H2,1-3H3,(H,13,16)(H,14,15)/t7-,8+/m1/s1. The lowest BCUT2D eigenvalue weighted by molar-refractivity contribution is -0.145. The van der Waals surface area contributed by atoms with Crippen LogP contribution in [0.1, 0.15) is 26.7 Å². The van der Waals surface area contributed by atoms with Crippen LogP contribution >= 0.6 is 0 Å². The first-order chi connectivity index (χ1) is 8.81. The minimum atomic E-state index is -1.15. The molecule has 0 saturated heterocycles. The number of nitrogens with one attached hydrogen (secondary N) is 2. The molecule has 0 heterocycles. The number of amides is 2. The molecule has 0 aromatic rings. The number of hydrogen-bond donors (Lipinski definition) is 4. The first-order valence-corrected chi connectivity index (χ1v) is 5.88. The molecular formula is C11H21N3O5. The Morgan fingerprint density at radius 2 is 1.89 bits per heavy atom. The fraction of sp³-hybridized carbons (Fsp3) is 0.727. The van der Waals surface area contributed by atoms with Gasteiger partial charge >= 0.3 is 5.97 Å². The van der Waals surface area contributed by atoms with Crippen LogP contribution in [0.3, 0.4) is 0 Å². The SMILES string of the molecule is COC(=O)[C@H](CC(C)C)NC(=O)[C@H](N)CC(=O)NO. The van der Waals surface area contributed by atoms with E-state index in [1.165, 1.54) is 12.6 Å². The quantitative estimate of drug-likeness (QED) is 0.265. The zero-order valence-corrected chi connectivity index (χ0v) is 11.3. The van der Waals surface area contributed by atoms with Crippen LogP contribution < -0.4 is 16.5 Å². The van der Waals surface area contributed by atoms with E-state index in [-0.39, 0.29) is 12.3 Å². The summed E-state index contributed by atoms with van der Waals surface area (Å²) in [6.45, 7) is 3.78. The van der Waals surface area contributed by atoms with Crippen LogP contribution in [0.5, 0.6) is 0 Å². The van der Waals surface area contributed by atoms with Gasteiger partial charge in [-0.05, 0) is 12.3 Å². The van der Waals surface area contributed by atoms with Gasteiger partial charge in [-0.25, -0.2) is 10.3 Å². The molecule has 0 rings (SSSR count). The summed E-state index contributed by atoms with van der Waals surface area (Å²) in [5.74, 6) is -1.83. The number of nitrogens with two attached hydrogens (primary N) is 1. The molecule has 19 heavy (non-hydrogen) atoms. The zero-order chi connectivity index (χ0) is 15.0. The van der Waals surface area contributed by atoms with Gasteiger partial charge in [-0.15, -0.1) is 0 Å². The van der Waals surface area contributed by atoms with Gasteiger partial charge < -0.3 is 15.8 Å². The van der Waals surface area contributed by atoms with E-state index < -0.39 is 29.9 Å². The summed E-state index contributed by atoms with van der Waals surface area (Å²) in [5.41, 5.74) is 6.86. The lowest BCUT2D eigenvalue weighted by atomic mass is 10.0. The monoisotopic (exact) mass is 275 g/mol. The average molecular weight is 275 g/mol. The molecule has 0 radical (unpaired) electrons. The fourth-order valence-electron chi connectivity index (χ4n) is 1.44. The number of hydrogen-bond acceptors (Lipinski definition) is 6. The third-order valence-electron chi connectivity index (χ3n) is 2.38. The van der Waals surface area contributed by atoms with Gasteiger partial charge in [0.15, 0.2) is 0 Å². The molecule has 110 valence electrons. The lowest BCUT2D eigenvalue weighted by Crippen LogP contribution is -2.50. The molecular weight excluding hydrogens is 254 g/mol. The molecule has 0 aliphatic rings. The highest BCUT2D eigenvalue weighted by molar-refractivity contribution is 5.90. The first-order valence-electron chi connectivity index (χ1n) is 5.88. The van der Waals surface area contributed by atoms with Crippen molar-refractivity contribution in [2.45, 2.75) is 38.8 Å². The fourth-order valence-corrected chi connectivity index (χ4v) is 1.44. The Morgan fingerprint density at radius 3 is 2.32 bits per heavy atom. The lowest BCUT2D eigenvalue weighted by Gasteiger charge is -2.20. The van der Waals surface area contributed by atoms with Gasteiger partial charge in [0.2, 0.25) is 11.8 Å². The molecule has 2 atom stereocenters. The summed E-state index contributed by atoms with van der Waals surface area (Å²) in [6.07, 6.45) is 0.0230. The maximum absolute atomic E-state index is 11.7. The predicted octanol–water partition coefficient (Wildman–Crippen LogP) is -1.09. The van der Waals surface area contributed by atoms with Crippen molar-refractivity contribution in [2.75, 3.05) is 7.11 Å². The van der Waals surface area contributed by atoms with Gasteiger partial charge in [0.05, 0.1) is 19.6 Å². The second kappa shape index (κ2) is 8.44. The first kappa shape index (κ1) is 17.3. The van der Waals surface area contributed by atoms with E-state index in [4.69, 9.17) is 10.9 Å². The number of carbonyl (C=O) groups is 3. The predicted molar refractivity (Wildman–Crippen MR) is 65.9 cm³/mol. The van der Waals surface area contributed by atoms with Crippen LogP contribution in [0, 0.1) is 5.92 Å². The van der Waals surface area contributed by atoms with Crippen molar-refractivity contribution in [1.82, 2.24) is 10.8 Å². The maximum atomic E-state index is 11.7. The Hall–Kier alpha value is -1.67. The van der Waals surface area contributed by atoms with Crippen LogP contribution in [0.2, 0.25) is 0 Å². The normalized spacial score (nSPS) is 13.6. The number of methoxy groups -OCH3 is 1. The molecule has 0 aromatic carbocycles. The highest BCUT2D eigenvalue weighted by Gasteiger charge is 2.26. The van der Waals surface area contributed by atoms with Crippen molar-refractivity contribution in [1.29, 1.82) is 0 Å². The number of esters is 1. The van der Waals surface area contributed by atoms with Gasteiger partial charge in [-0.3, -0.25) is 14.8 Å². The van der Waals surface area contributed by atoms with E-state index in [2.05, 4.69) is 10.1 Å². The van der Waals surface area contributed by atoms with E-state index in [0.717, 1.165) is 0 Å². The second-order valence-electron chi connectivity index (χ2n) is 4.56. The highest BCUT2D eigenvalue weighted by Crippen LogP contribution is 2.06. The van der Waals surface area contributed by atoms with Gasteiger partial charge in [-0.1, -0.05) is 13.8 Å². The summed E-state index contributed by atoms with van der Waals surface area (Å²) < 4.78 is 4.58. The Balaban J connectivity index is 4.52. The minimum absolute atomic E-state index is 0.168. The van der Waals surface area contributed by atoms with Gasteiger partial charge in [0.25, 0.3) is 0 Å². The van der Waals surface area contributed by atoms with Crippen molar-refractivity contribution in [3.63, 3.8) is 0 Å². The highest BCUT2D eigenvalue weighted by atomic mass is 16.5. The summed E-state index contributed by atoms with van der Waals surface area (Å²) >= 11 is 0. The molecule has 0 bridgehead atoms. The van der Waals surface area contributed by atoms with E-state index in [0.29, 0.717) is 6.42 Å². The number of ether oxygens (including phenoxy) is 1. The zero-order valence-electron chi connectivity index (χ0n) is 11.3. The Kier molecular flexibility index (Phi) is 7.69. The number of hydroxylamine groups is 1. The van der Waals surface area contributed by atoms with Crippen LogP contribution in [0.15, 0.2) is 0 Å². The van der Waals surface area contributed by atoms with Crippen molar-refractivity contribution in [2.24, 2.45) is 11.7 Å². The minimum Gasteiger partial charge on any atom is -0.467 e. The summed E-state index contributed by atoms with van der Waals surface area (Å²) in [7, 11) is 1.22. The number of carbonyl (C=O) groups excluding carboxylic acids is 3. The van der Waals surface area contributed by atoms with Crippen molar-refractivity contribution in [3.05, 3.63) is 0 Å². The molecule has 0 aliphatic heterocycles. The van der Waals surface area contributed by atoms with E-state index >= 15 is 0 Å². The summed E-state index contributed by atoms with van der Waals surface area (Å²) in [6, 6.07) is -1.95. The third kappa shape index (κ3) is 6.73. The molecule has 0 fully saturated rings. The van der Waals surface area contributed by atoms with Crippen LogP contribution in [0.4, 0.5) is 0 Å². The summed E-state index contributed by atoms with van der Waals surface area (Å²) in [4.78, 5) is 34.1.